The number of nitrogens with one attached hydrogen (secondary N) is 2. The van der Waals surface area contributed by atoms with E-state index in [1.807, 2.05) is 0 Å². The number of carbonyl (C=O) groups is 1. The highest BCUT2D eigenvalue weighted by atomic mass is 19.2. The van der Waals surface area contributed by atoms with Crippen LogP contribution in [0.2, 0.25) is 0 Å². The third-order valence-corrected chi connectivity index (χ3v) is 3.41. The maximum Gasteiger partial charge on any atom is 0.257 e. The van der Waals surface area contributed by atoms with Crippen molar-refractivity contribution < 1.29 is 22.4 Å². The van der Waals surface area contributed by atoms with Crippen molar-refractivity contribution in [1.29, 1.82) is 0 Å². The number of benzene rings is 2. The third-order valence-electron chi connectivity index (χ3n) is 3.41. The molecule has 3 rings (SSSR count). The third kappa shape index (κ3) is 3.80. The van der Waals surface area contributed by atoms with Crippen LogP contribution in [-0.4, -0.2) is 10.9 Å². The van der Waals surface area contributed by atoms with Gasteiger partial charge in [0.05, 0.1) is 11.3 Å². The fourth-order valence-electron chi connectivity index (χ4n) is 2.13. The summed E-state index contributed by atoms with van der Waals surface area (Å²) in [7, 11) is 0. The molecule has 0 saturated carbocycles. The topological polar surface area (TPSA) is 54.0 Å². The van der Waals surface area contributed by atoms with Crippen molar-refractivity contribution in [1.82, 2.24) is 4.98 Å². The van der Waals surface area contributed by atoms with E-state index in [0.29, 0.717) is 0 Å². The fraction of sp³-hybridized carbons (Fsp3) is 0. The summed E-state index contributed by atoms with van der Waals surface area (Å²) in [6.45, 7) is 0. The molecule has 0 aliphatic rings. The van der Waals surface area contributed by atoms with E-state index in [2.05, 4.69) is 15.6 Å². The van der Waals surface area contributed by atoms with E-state index in [4.69, 9.17) is 0 Å². The Labute approximate surface area is 145 Å². The SMILES string of the molecule is O=C(Nc1cccc(F)c1)c1ccc(Nc2ccc(F)c(F)c2F)nc1. The van der Waals surface area contributed by atoms with Crippen LogP contribution >= 0.6 is 0 Å². The van der Waals surface area contributed by atoms with E-state index in [0.717, 1.165) is 18.2 Å². The number of nitrogens with zero attached hydrogens (tertiary/aromatic N) is 1. The van der Waals surface area contributed by atoms with Gasteiger partial charge in [0.1, 0.15) is 11.6 Å². The highest BCUT2D eigenvalue weighted by Crippen LogP contribution is 2.22. The molecule has 0 saturated heterocycles. The molecule has 0 radical (unpaired) electrons. The van der Waals surface area contributed by atoms with Gasteiger partial charge >= 0.3 is 0 Å². The normalized spacial score (nSPS) is 10.5. The zero-order valence-corrected chi connectivity index (χ0v) is 13.1. The second kappa shape index (κ2) is 7.22. The molecule has 0 bridgehead atoms. The Hall–Kier alpha value is -3.42. The van der Waals surface area contributed by atoms with Crippen LogP contribution in [0, 0.1) is 23.3 Å². The summed E-state index contributed by atoms with van der Waals surface area (Å²) >= 11 is 0. The zero-order chi connectivity index (χ0) is 18.7. The van der Waals surface area contributed by atoms with Crippen LogP contribution in [-0.2, 0) is 0 Å². The Kier molecular flexibility index (Phi) is 4.83. The van der Waals surface area contributed by atoms with Gasteiger partial charge in [-0.3, -0.25) is 4.79 Å². The number of aromatic nitrogens is 1. The highest BCUT2D eigenvalue weighted by Gasteiger charge is 2.14. The van der Waals surface area contributed by atoms with Gasteiger partial charge in [0.15, 0.2) is 17.5 Å². The van der Waals surface area contributed by atoms with E-state index in [9.17, 15) is 22.4 Å². The monoisotopic (exact) mass is 361 g/mol. The van der Waals surface area contributed by atoms with Crippen LogP contribution in [0.5, 0.6) is 0 Å². The van der Waals surface area contributed by atoms with Crippen molar-refractivity contribution in [2.45, 2.75) is 0 Å². The number of pyridine rings is 1. The summed E-state index contributed by atoms with van der Waals surface area (Å²) in [6, 6.07) is 9.94. The molecule has 3 aromatic rings. The molecular formula is C18H11F4N3O. The molecule has 0 aliphatic heterocycles. The van der Waals surface area contributed by atoms with Gasteiger partial charge < -0.3 is 10.6 Å². The Morgan fingerprint density at radius 1 is 0.923 bits per heavy atom. The van der Waals surface area contributed by atoms with E-state index < -0.39 is 29.2 Å². The predicted octanol–water partition coefficient (Wildman–Crippen LogP) is 4.63. The van der Waals surface area contributed by atoms with Gasteiger partial charge in [0.2, 0.25) is 0 Å². The molecule has 0 fully saturated rings. The van der Waals surface area contributed by atoms with Gasteiger partial charge in [-0.15, -0.1) is 0 Å². The lowest BCUT2D eigenvalue weighted by molar-refractivity contribution is 0.102. The maximum absolute atomic E-state index is 13.6. The van der Waals surface area contributed by atoms with Gasteiger partial charge in [-0.2, -0.15) is 0 Å². The lowest BCUT2D eigenvalue weighted by Crippen LogP contribution is -2.12. The number of amides is 1. The average Bonchev–Trinajstić information content (AvgIpc) is 2.63. The first-order valence-corrected chi connectivity index (χ1v) is 7.37. The zero-order valence-electron chi connectivity index (χ0n) is 13.1. The molecule has 2 N–H and O–H groups in total. The maximum atomic E-state index is 13.6. The summed E-state index contributed by atoms with van der Waals surface area (Å²) in [4.78, 5) is 16.0. The molecule has 132 valence electrons. The van der Waals surface area contributed by atoms with Crippen LogP contribution in [0.3, 0.4) is 0 Å². The van der Waals surface area contributed by atoms with Crippen molar-refractivity contribution in [3.8, 4) is 0 Å². The van der Waals surface area contributed by atoms with Gasteiger partial charge in [0.25, 0.3) is 5.91 Å². The summed E-state index contributed by atoms with van der Waals surface area (Å²) in [5, 5.41) is 4.99. The number of anilines is 3. The Morgan fingerprint density at radius 2 is 1.73 bits per heavy atom. The second-order valence-corrected chi connectivity index (χ2v) is 5.24. The van der Waals surface area contributed by atoms with E-state index >= 15 is 0 Å². The molecule has 1 amide bonds. The van der Waals surface area contributed by atoms with Crippen LogP contribution in [0.4, 0.5) is 34.8 Å². The molecule has 2 aromatic carbocycles. The second-order valence-electron chi connectivity index (χ2n) is 5.24. The number of hydrogen-bond acceptors (Lipinski definition) is 3. The highest BCUT2D eigenvalue weighted by molar-refractivity contribution is 6.04. The van der Waals surface area contributed by atoms with E-state index in [1.54, 1.807) is 0 Å². The van der Waals surface area contributed by atoms with Crippen LogP contribution in [0.1, 0.15) is 10.4 Å². The van der Waals surface area contributed by atoms with Crippen molar-refractivity contribution in [2.75, 3.05) is 10.6 Å². The number of hydrogen-bond donors (Lipinski definition) is 2. The quantitative estimate of drug-likeness (QED) is 0.526. The molecule has 26 heavy (non-hydrogen) atoms. The van der Waals surface area contributed by atoms with Gasteiger partial charge in [-0.1, -0.05) is 6.07 Å². The van der Waals surface area contributed by atoms with Crippen molar-refractivity contribution in [3.63, 3.8) is 0 Å². The molecule has 8 heteroatoms. The van der Waals surface area contributed by atoms with Crippen molar-refractivity contribution >= 4 is 23.1 Å². The van der Waals surface area contributed by atoms with Crippen molar-refractivity contribution in [2.24, 2.45) is 0 Å². The Morgan fingerprint density at radius 3 is 2.42 bits per heavy atom. The molecule has 4 nitrogen and oxygen atoms in total. The van der Waals surface area contributed by atoms with Crippen LogP contribution in [0.15, 0.2) is 54.7 Å². The summed E-state index contributed by atoms with van der Waals surface area (Å²) in [5.74, 6) is -5.16. The predicted molar refractivity (Wildman–Crippen MR) is 88.2 cm³/mol. The van der Waals surface area contributed by atoms with E-state index in [1.165, 1.54) is 36.5 Å². The van der Waals surface area contributed by atoms with Gasteiger partial charge in [-0.25, -0.2) is 22.5 Å². The first kappa shape index (κ1) is 17.4. The standard InChI is InChI=1S/C18H11F4N3O/c19-11-2-1-3-12(8-11)24-18(26)10-4-7-15(23-9-10)25-14-6-5-13(20)16(21)17(14)22/h1-9H,(H,23,25)(H,24,26). The smallest absolute Gasteiger partial charge is 0.257 e. The summed E-state index contributed by atoms with van der Waals surface area (Å²) in [6.07, 6.45) is 1.20. The Bertz CT molecular complexity index is 961. The number of rotatable bonds is 4. The van der Waals surface area contributed by atoms with Crippen LogP contribution in [0.25, 0.3) is 0 Å². The lowest BCUT2D eigenvalue weighted by atomic mass is 10.2. The van der Waals surface area contributed by atoms with E-state index in [-0.39, 0.29) is 22.8 Å². The van der Waals surface area contributed by atoms with Crippen molar-refractivity contribution in [3.05, 3.63) is 83.6 Å². The molecule has 0 unspecified atom stereocenters. The fourth-order valence-corrected chi connectivity index (χ4v) is 2.13. The molecule has 0 aliphatic carbocycles. The molecule has 1 heterocycles. The first-order valence-electron chi connectivity index (χ1n) is 7.37. The number of halogens is 4. The minimum absolute atomic E-state index is 0.122. The molecular weight excluding hydrogens is 350 g/mol. The first-order chi connectivity index (χ1) is 12.4. The molecule has 0 spiro atoms. The molecule has 1 aromatic heterocycles. The minimum Gasteiger partial charge on any atom is -0.338 e. The number of carbonyl (C=O) groups excluding carboxylic acids is 1. The van der Waals surface area contributed by atoms with Crippen LogP contribution < -0.4 is 10.6 Å². The Balaban J connectivity index is 1.72. The largest absolute Gasteiger partial charge is 0.338 e. The summed E-state index contributed by atoms with van der Waals surface area (Å²) in [5.41, 5.74) is 0.153. The lowest BCUT2D eigenvalue weighted by Gasteiger charge is -2.09. The van der Waals surface area contributed by atoms with Gasteiger partial charge in [0, 0.05) is 11.9 Å². The molecule has 0 atom stereocenters. The summed E-state index contributed by atoms with van der Waals surface area (Å²) < 4.78 is 52.9. The van der Waals surface area contributed by atoms with Gasteiger partial charge in [-0.05, 0) is 42.5 Å². The average molecular weight is 361 g/mol. The minimum atomic E-state index is -1.60.